The Morgan fingerprint density at radius 1 is 0.368 bits per heavy atom. The molecular weight excluding hydrogens is 1550 g/mol. The summed E-state index contributed by atoms with van der Waals surface area (Å²) < 4.78 is 6.46. The van der Waals surface area contributed by atoms with Crippen molar-refractivity contribution in [2.45, 2.75) is 497 Å². The molecule has 2 saturated heterocycles. The number of carbonyl (C=O) groups excluding carboxylic acids is 8. The van der Waals surface area contributed by atoms with Crippen molar-refractivity contribution in [3.63, 3.8) is 0 Å². The van der Waals surface area contributed by atoms with Crippen LogP contribution in [0.1, 0.15) is 497 Å². The Morgan fingerprint density at radius 2 is 0.712 bits per heavy atom. The van der Waals surface area contributed by atoms with E-state index in [1.807, 2.05) is 56.3 Å². The smallest absolute Gasteiger partial charge is 0.230 e. The van der Waals surface area contributed by atoms with Crippen LogP contribution in [0.2, 0.25) is 0 Å². The van der Waals surface area contributed by atoms with Gasteiger partial charge >= 0.3 is 0 Å². The van der Waals surface area contributed by atoms with Crippen molar-refractivity contribution in [2.75, 3.05) is 35.6 Å². The van der Waals surface area contributed by atoms with E-state index in [1.54, 1.807) is 0 Å². The Morgan fingerprint density at radius 3 is 1.15 bits per heavy atom. The Hall–Kier alpha value is -5.80. The molecule has 710 valence electrons. The zero-order valence-electron chi connectivity index (χ0n) is 81.3. The van der Waals surface area contributed by atoms with Crippen molar-refractivity contribution in [2.24, 2.45) is 52.8 Å². The molecule has 2 aromatic rings. The lowest BCUT2D eigenvalue weighted by atomic mass is 9.61. The van der Waals surface area contributed by atoms with Crippen LogP contribution >= 0.6 is 0 Å². The maximum atomic E-state index is 13.9. The zero-order valence-corrected chi connectivity index (χ0v) is 81.3. The summed E-state index contributed by atoms with van der Waals surface area (Å²) in [7, 11) is 0. The van der Waals surface area contributed by atoms with Crippen molar-refractivity contribution in [3.8, 4) is 5.75 Å². The second kappa shape index (κ2) is 62.5. The van der Waals surface area contributed by atoms with Gasteiger partial charge in [-0.3, -0.25) is 48.2 Å². The van der Waals surface area contributed by atoms with E-state index in [0.29, 0.717) is 70.3 Å². The summed E-state index contributed by atoms with van der Waals surface area (Å²) in [6.45, 7) is 19.3. The minimum Gasteiger partial charge on any atom is -0.464 e. The van der Waals surface area contributed by atoms with Crippen molar-refractivity contribution < 1.29 is 43.1 Å². The molecule has 3 aliphatic heterocycles. The number of likely N-dealkylation sites (tertiary alicyclic amines) is 2. The first-order chi connectivity index (χ1) is 60.7. The predicted octanol–water partition coefficient (Wildman–Crippen LogP) is 29.0. The highest BCUT2D eigenvalue weighted by Crippen LogP contribution is 2.50. The molecule has 7 rings (SSSR count). The molecule has 0 spiro atoms. The Kier molecular flexibility index (Phi) is 53.1. The number of rotatable bonds is 73. The molecule has 5 N–H and O–H groups in total. The minimum atomic E-state index is -0.495. The van der Waals surface area contributed by atoms with Crippen LogP contribution in [0.3, 0.4) is 0 Å². The zero-order chi connectivity index (χ0) is 89.5. The average Bonchev–Trinajstić information content (AvgIpc) is 1.75. The third-order valence-electron chi connectivity index (χ3n) is 30.1. The van der Waals surface area contributed by atoms with E-state index < -0.39 is 11.0 Å². The van der Waals surface area contributed by atoms with Gasteiger partial charge < -0.3 is 31.3 Å². The lowest BCUT2D eigenvalue weighted by Gasteiger charge is -2.44. The Labute approximate surface area is 763 Å². The number of unbranched alkanes of at least 4 members (excludes halogenated alkanes) is 36. The molecule has 16 heteroatoms. The highest BCUT2D eigenvalue weighted by molar-refractivity contribution is 6.03. The number of nitrogens with zero attached hydrogens (tertiary/aromatic N) is 2. The molecule has 2 aromatic carbocycles. The highest BCUT2D eigenvalue weighted by atomic mass is 16.5. The first-order valence-electron chi connectivity index (χ1n) is 53.3. The van der Waals surface area contributed by atoms with Gasteiger partial charge in [-0.25, -0.2) is 0 Å². The maximum absolute atomic E-state index is 13.9. The topological polar surface area (TPSA) is 212 Å². The molecule has 0 aromatic heterocycles. The fourth-order valence-corrected chi connectivity index (χ4v) is 22.4. The summed E-state index contributed by atoms with van der Waals surface area (Å²) in [6, 6.07) is 13.9. The number of carbonyl (C=O) groups is 8. The Bertz CT molecular complexity index is 3300. The third kappa shape index (κ3) is 41.0. The van der Waals surface area contributed by atoms with Gasteiger partial charge in [0.1, 0.15) is 5.75 Å². The number of hydrogen-bond donors (Lipinski definition) is 5. The van der Waals surface area contributed by atoms with E-state index in [-0.39, 0.29) is 53.5 Å². The molecule has 8 amide bonds. The van der Waals surface area contributed by atoms with E-state index in [1.165, 1.54) is 292 Å². The number of hydrogen-bond acceptors (Lipinski definition) is 10. The van der Waals surface area contributed by atoms with E-state index in [9.17, 15) is 38.4 Å². The van der Waals surface area contributed by atoms with E-state index in [0.717, 1.165) is 173 Å². The lowest BCUT2D eigenvalue weighted by Crippen LogP contribution is -2.47. The summed E-state index contributed by atoms with van der Waals surface area (Å²) >= 11 is 0. The SMILES string of the molecule is CCCCCCCCC1C(CCCCCC)CCC(CCCCCCCC(=O)Nc2ccc3c(c2)OC(c2ccc(NC(=O)C(C)(C)CCCCCCCC4C(CCCCCCCC(=O)NCCCCCCN5C(=O)CCC5=O)CCC(CCCCCC)C4CCCCCCCC)cc2)N3)C1CCCCCCCC(=O)NCCCCC(C)(C)N1C(=O)CCC1=O. The molecule has 9 unspecified atom stereocenters. The van der Waals surface area contributed by atoms with Crippen LogP contribution in [-0.4, -0.2) is 82.2 Å². The molecule has 2 aliphatic carbocycles. The van der Waals surface area contributed by atoms with Gasteiger partial charge in [0.05, 0.1) is 5.69 Å². The second-order valence-corrected chi connectivity index (χ2v) is 41.2. The van der Waals surface area contributed by atoms with Gasteiger partial charge in [0.15, 0.2) is 6.23 Å². The van der Waals surface area contributed by atoms with Crippen molar-refractivity contribution in [1.29, 1.82) is 0 Å². The van der Waals surface area contributed by atoms with Crippen LogP contribution in [0, 0.1) is 52.8 Å². The standard InChI is InChI=1S/C109H185N7O9/c1-9-13-17-21-29-43-59-93-86(55-39-19-15-11-3)66-68-88(95(93)61-45-31-25-34-48-64-100(118)111-83-53-51-81-109(7,8)116-104(122)78-79-105(116)123)58-42-28-24-35-49-65-101(119)112-92-74-75-97-98(85-92)125-106(114-97)90-70-72-91(73-71-90)113-107(124)108(5,6)80-50-36-26-32-46-62-96-89(69-67-87(56-40-20-16-12-4)94(96)60-44-30-22-18-14-10-2)57-41-27-23-33-47-63-99(117)110-82-52-37-38-54-84-115-102(120)76-77-103(115)121/h70-75,85-89,93-96,106,114H,9-69,76-84H2,1-8H3,(H,110,117)(H,111,118)(H,112,119)(H,113,124). The van der Waals surface area contributed by atoms with Gasteiger partial charge in [0, 0.05) is 98.5 Å². The molecule has 4 fully saturated rings. The summed E-state index contributed by atoms with van der Waals surface area (Å²) in [5.74, 6) is 7.73. The number of amides is 8. The van der Waals surface area contributed by atoms with Crippen molar-refractivity contribution >= 4 is 64.3 Å². The van der Waals surface area contributed by atoms with Gasteiger partial charge in [-0.15, -0.1) is 0 Å². The minimum absolute atomic E-state index is 0.0329. The summed E-state index contributed by atoms with van der Waals surface area (Å²) in [4.78, 5) is 104. The predicted molar refractivity (Wildman–Crippen MR) is 520 cm³/mol. The van der Waals surface area contributed by atoms with Crippen LogP contribution in [0.25, 0.3) is 0 Å². The van der Waals surface area contributed by atoms with Gasteiger partial charge in [-0.05, 0) is 195 Å². The van der Waals surface area contributed by atoms with E-state index >= 15 is 0 Å². The van der Waals surface area contributed by atoms with Crippen LogP contribution in [0.4, 0.5) is 17.1 Å². The van der Waals surface area contributed by atoms with Gasteiger partial charge in [0.25, 0.3) is 0 Å². The largest absolute Gasteiger partial charge is 0.464 e. The molecule has 9 atom stereocenters. The fourth-order valence-electron chi connectivity index (χ4n) is 22.4. The van der Waals surface area contributed by atoms with Crippen molar-refractivity contribution in [1.82, 2.24) is 20.4 Å². The molecule has 0 bridgehead atoms. The quantitative estimate of drug-likeness (QED) is 0.0312. The highest BCUT2D eigenvalue weighted by Gasteiger charge is 2.42. The van der Waals surface area contributed by atoms with Gasteiger partial charge in [-0.2, -0.15) is 0 Å². The average molecular weight is 1740 g/mol. The summed E-state index contributed by atoms with van der Waals surface area (Å²) in [5, 5.41) is 16.2. The number of anilines is 3. The van der Waals surface area contributed by atoms with Crippen molar-refractivity contribution in [3.05, 3.63) is 48.0 Å². The monoisotopic (exact) mass is 1740 g/mol. The maximum Gasteiger partial charge on any atom is 0.230 e. The molecule has 2 saturated carbocycles. The summed E-state index contributed by atoms with van der Waals surface area (Å²) in [6.07, 6.45) is 77.0. The third-order valence-corrected chi connectivity index (χ3v) is 30.1. The van der Waals surface area contributed by atoms with E-state index in [4.69, 9.17) is 4.74 Å². The molecule has 16 nitrogen and oxygen atoms in total. The molecule has 5 aliphatic rings. The number of fused-ring (bicyclic) bond motifs is 1. The number of nitrogens with one attached hydrogen (secondary N) is 5. The van der Waals surface area contributed by atoms with E-state index in [2.05, 4.69) is 68.1 Å². The lowest BCUT2D eigenvalue weighted by molar-refractivity contribution is -0.145. The number of imide groups is 2. The first-order valence-corrected chi connectivity index (χ1v) is 53.3. The fraction of sp³-hybridized carbons (Fsp3) is 0.817. The van der Waals surface area contributed by atoms with Crippen LogP contribution in [0.5, 0.6) is 5.75 Å². The van der Waals surface area contributed by atoms with Crippen LogP contribution in [0.15, 0.2) is 42.5 Å². The normalized spacial score (nSPS) is 20.3. The number of benzene rings is 2. The Balaban J connectivity index is 0.774. The first kappa shape index (κ1) is 106. The van der Waals surface area contributed by atoms with Gasteiger partial charge in [-0.1, -0.05) is 330 Å². The van der Waals surface area contributed by atoms with Crippen LogP contribution in [-0.2, 0) is 38.4 Å². The number of ether oxygens (including phenoxy) is 1. The molecule has 0 radical (unpaired) electrons. The van der Waals surface area contributed by atoms with Gasteiger partial charge in [0.2, 0.25) is 47.3 Å². The molecular formula is C109H185N7O9. The molecule has 125 heavy (non-hydrogen) atoms. The summed E-state index contributed by atoms with van der Waals surface area (Å²) in [5.41, 5.74) is 2.40. The molecule has 3 heterocycles. The van der Waals surface area contributed by atoms with Crippen LogP contribution < -0.4 is 31.3 Å². The second-order valence-electron chi connectivity index (χ2n) is 41.2.